The second kappa shape index (κ2) is 11.4. The Morgan fingerprint density at radius 2 is 1.72 bits per heavy atom. The molecule has 1 amide bonds. The molecule has 0 heterocycles. The lowest BCUT2D eigenvalue weighted by atomic mass is 10.1. The smallest absolute Gasteiger partial charge is 0.217 e. The average Bonchev–Trinajstić information content (AvgIpc) is 2.41. The van der Waals surface area contributed by atoms with Gasteiger partial charge in [-0.05, 0) is 5.56 Å². The molecule has 4 N–H and O–H groups in total. The quantitative estimate of drug-likeness (QED) is 0.437. The normalized spacial score (nSPS) is 7.94. The Balaban J connectivity index is 0. The summed E-state index contributed by atoms with van der Waals surface area (Å²) in [5, 5.41) is 9.87. The number of amides is 1. The molecule has 0 radical (unpaired) electrons. The monoisotopic (exact) mass is 249 g/mol. The molecule has 1 rings (SSSR count). The van der Waals surface area contributed by atoms with Crippen LogP contribution in [0.15, 0.2) is 37.4 Å². The highest BCUT2D eigenvalue weighted by molar-refractivity contribution is 5.94. The Morgan fingerprint density at radius 1 is 1.28 bits per heavy atom. The zero-order valence-electron chi connectivity index (χ0n) is 11.4. The molecule has 0 saturated carbocycles. The molecule has 0 fully saturated rings. The Hall–Kier alpha value is -2.10. The van der Waals surface area contributed by atoms with Gasteiger partial charge in [-0.1, -0.05) is 38.1 Å². The van der Waals surface area contributed by atoms with E-state index >= 15 is 0 Å². The summed E-state index contributed by atoms with van der Waals surface area (Å²) in [6, 6.07) is 7.21. The van der Waals surface area contributed by atoms with Crippen LogP contribution in [0.3, 0.4) is 0 Å². The maximum absolute atomic E-state index is 10.6. The Morgan fingerprint density at radius 3 is 2.06 bits per heavy atom. The molecule has 0 atom stereocenters. The summed E-state index contributed by atoms with van der Waals surface area (Å²) in [4.78, 5) is 10.6. The first-order valence-electron chi connectivity index (χ1n) is 5.77. The summed E-state index contributed by atoms with van der Waals surface area (Å²) in [5.41, 5.74) is 6.98. The molecule has 0 aliphatic rings. The molecule has 18 heavy (non-hydrogen) atoms. The summed E-state index contributed by atoms with van der Waals surface area (Å²) >= 11 is 0. The van der Waals surface area contributed by atoms with Crippen LogP contribution < -0.4 is 11.1 Å². The molecule has 100 valence electrons. The molecule has 0 unspecified atom stereocenters. The molecule has 4 heteroatoms. The van der Waals surface area contributed by atoms with Crippen molar-refractivity contribution in [1.82, 2.24) is 5.32 Å². The zero-order chi connectivity index (χ0) is 14.6. The molecule has 1 aromatic carbocycles. The second-order valence-electron chi connectivity index (χ2n) is 3.02. The number of carbonyl (C=O) groups is 1. The minimum atomic E-state index is -0.0550. The number of nitrogen functional groups attached to an aromatic ring is 1. The third-order valence-electron chi connectivity index (χ3n) is 1.81. The molecule has 0 saturated heterocycles. The lowest BCUT2D eigenvalue weighted by Crippen LogP contribution is -2.19. The minimum Gasteiger partial charge on any atom is -0.384 e. The highest BCUT2D eigenvalue weighted by Crippen LogP contribution is 2.03. The van der Waals surface area contributed by atoms with E-state index in [1.807, 2.05) is 26.0 Å². The Bertz CT molecular complexity index is 358. The molecule has 0 aliphatic carbocycles. The molecule has 0 bridgehead atoms. The number of rotatable bonds is 3. The summed E-state index contributed by atoms with van der Waals surface area (Å²) in [6.45, 7) is 12.0. The van der Waals surface area contributed by atoms with E-state index in [4.69, 9.17) is 11.1 Å². The summed E-state index contributed by atoms with van der Waals surface area (Å²) in [7, 11) is 0. The SMILES string of the molecule is C=C.CC.CC(=O)NCc1ccc(C(=N)N)cc1. The molecule has 0 aromatic heterocycles. The van der Waals surface area contributed by atoms with E-state index in [0.29, 0.717) is 12.1 Å². The maximum atomic E-state index is 10.6. The van der Waals surface area contributed by atoms with Gasteiger partial charge in [0, 0.05) is 19.0 Å². The number of hydrogen-bond acceptors (Lipinski definition) is 2. The zero-order valence-corrected chi connectivity index (χ0v) is 11.4. The van der Waals surface area contributed by atoms with E-state index in [1.165, 1.54) is 6.92 Å². The maximum Gasteiger partial charge on any atom is 0.217 e. The van der Waals surface area contributed by atoms with Crippen molar-refractivity contribution >= 4 is 11.7 Å². The predicted molar refractivity (Wildman–Crippen MR) is 77.6 cm³/mol. The third kappa shape index (κ3) is 8.10. The van der Waals surface area contributed by atoms with Crippen LogP contribution in [0.2, 0.25) is 0 Å². The van der Waals surface area contributed by atoms with Crippen LogP contribution in [0.4, 0.5) is 0 Å². The van der Waals surface area contributed by atoms with Crippen LogP contribution in [-0.2, 0) is 11.3 Å². The van der Waals surface area contributed by atoms with Gasteiger partial charge >= 0.3 is 0 Å². The number of hydrogen-bond donors (Lipinski definition) is 3. The lowest BCUT2D eigenvalue weighted by molar-refractivity contribution is -0.119. The van der Waals surface area contributed by atoms with Crippen LogP contribution in [0, 0.1) is 5.41 Å². The van der Waals surface area contributed by atoms with Gasteiger partial charge in [-0.15, -0.1) is 13.2 Å². The first kappa shape index (κ1) is 18.3. The highest BCUT2D eigenvalue weighted by Gasteiger charge is 1.97. The van der Waals surface area contributed by atoms with Crippen molar-refractivity contribution in [1.29, 1.82) is 5.41 Å². The van der Waals surface area contributed by atoms with Crippen molar-refractivity contribution in [2.75, 3.05) is 0 Å². The van der Waals surface area contributed by atoms with Gasteiger partial charge in [0.05, 0.1) is 0 Å². The summed E-state index contributed by atoms with van der Waals surface area (Å²) < 4.78 is 0. The molecular weight excluding hydrogens is 226 g/mol. The number of amidine groups is 1. The Kier molecular flexibility index (Phi) is 11.6. The van der Waals surface area contributed by atoms with Crippen molar-refractivity contribution in [2.45, 2.75) is 27.3 Å². The second-order valence-corrected chi connectivity index (χ2v) is 3.02. The molecule has 0 spiro atoms. The van der Waals surface area contributed by atoms with E-state index < -0.39 is 0 Å². The number of carbonyl (C=O) groups excluding carboxylic acids is 1. The van der Waals surface area contributed by atoms with E-state index in [-0.39, 0.29) is 11.7 Å². The van der Waals surface area contributed by atoms with Gasteiger partial charge in [0.1, 0.15) is 5.84 Å². The molecule has 4 nitrogen and oxygen atoms in total. The van der Waals surface area contributed by atoms with Crippen LogP contribution in [0.25, 0.3) is 0 Å². The van der Waals surface area contributed by atoms with Crippen molar-refractivity contribution in [2.24, 2.45) is 5.73 Å². The topological polar surface area (TPSA) is 79.0 Å². The fourth-order valence-corrected chi connectivity index (χ4v) is 1.03. The van der Waals surface area contributed by atoms with Crippen LogP contribution in [0.5, 0.6) is 0 Å². The van der Waals surface area contributed by atoms with Crippen LogP contribution >= 0.6 is 0 Å². The van der Waals surface area contributed by atoms with Crippen molar-refractivity contribution in [3.8, 4) is 0 Å². The average molecular weight is 249 g/mol. The predicted octanol–water partition coefficient (Wildman–Crippen LogP) is 2.44. The van der Waals surface area contributed by atoms with Crippen molar-refractivity contribution < 1.29 is 4.79 Å². The minimum absolute atomic E-state index is 0.0519. The summed E-state index contributed by atoms with van der Waals surface area (Å²) in [6.07, 6.45) is 0. The molecular formula is C14H23N3O. The van der Waals surface area contributed by atoms with E-state index in [0.717, 1.165) is 5.56 Å². The van der Waals surface area contributed by atoms with Crippen molar-refractivity contribution in [3.05, 3.63) is 48.6 Å². The van der Waals surface area contributed by atoms with Gasteiger partial charge in [-0.2, -0.15) is 0 Å². The fraction of sp³-hybridized carbons (Fsp3) is 0.286. The lowest BCUT2D eigenvalue weighted by Gasteiger charge is -2.03. The first-order valence-corrected chi connectivity index (χ1v) is 5.77. The van der Waals surface area contributed by atoms with Crippen LogP contribution in [0.1, 0.15) is 31.9 Å². The van der Waals surface area contributed by atoms with Gasteiger partial charge in [0.15, 0.2) is 0 Å². The molecule has 1 aromatic rings. The van der Waals surface area contributed by atoms with Gasteiger partial charge in [0.2, 0.25) is 5.91 Å². The Labute approximate surface area is 109 Å². The van der Waals surface area contributed by atoms with E-state index in [2.05, 4.69) is 18.5 Å². The van der Waals surface area contributed by atoms with Gasteiger partial charge in [0.25, 0.3) is 0 Å². The van der Waals surface area contributed by atoms with E-state index in [9.17, 15) is 4.79 Å². The fourth-order valence-electron chi connectivity index (χ4n) is 1.03. The number of nitrogens with one attached hydrogen (secondary N) is 2. The third-order valence-corrected chi connectivity index (χ3v) is 1.81. The van der Waals surface area contributed by atoms with Crippen molar-refractivity contribution in [3.63, 3.8) is 0 Å². The molecule has 0 aliphatic heterocycles. The van der Waals surface area contributed by atoms with Crippen LogP contribution in [-0.4, -0.2) is 11.7 Å². The highest BCUT2D eigenvalue weighted by atomic mass is 16.1. The van der Waals surface area contributed by atoms with Gasteiger partial charge < -0.3 is 11.1 Å². The van der Waals surface area contributed by atoms with Gasteiger partial charge in [-0.25, -0.2) is 0 Å². The number of benzene rings is 1. The standard InChI is InChI=1S/C10H13N3O.C2H6.C2H4/c1-7(14)13-6-8-2-4-9(5-3-8)10(11)12;2*1-2/h2-5H,6H2,1H3,(H3,11,12)(H,13,14);1-2H3;1-2H2. The first-order chi connectivity index (χ1) is 8.59. The van der Waals surface area contributed by atoms with E-state index in [1.54, 1.807) is 12.1 Å². The summed E-state index contributed by atoms with van der Waals surface area (Å²) in [5.74, 6) is -0.00304. The number of nitrogens with two attached hydrogens (primary N) is 1. The van der Waals surface area contributed by atoms with Gasteiger partial charge in [-0.3, -0.25) is 10.2 Å². The largest absolute Gasteiger partial charge is 0.384 e.